The molecule has 1 spiro atoms. The minimum atomic E-state index is -4.07. The maximum absolute atomic E-state index is 14.2. The fraction of sp³-hybridized carbons (Fsp3) is 0.333. The average molecular weight is 448 g/mol. The van der Waals surface area contributed by atoms with Crippen LogP contribution in [0, 0.1) is 12.7 Å². The molecule has 0 bridgehead atoms. The average Bonchev–Trinajstić information content (AvgIpc) is 3.31. The Labute approximate surface area is 178 Å². The smallest absolute Gasteiger partial charge is 0.283 e. The zero-order valence-corrected chi connectivity index (χ0v) is 17.8. The van der Waals surface area contributed by atoms with Gasteiger partial charge in [-0.15, -0.1) is 5.10 Å². The van der Waals surface area contributed by atoms with Gasteiger partial charge in [0.1, 0.15) is 11.6 Å². The van der Waals surface area contributed by atoms with Gasteiger partial charge in [-0.25, -0.2) is 4.39 Å². The molecule has 0 unspecified atom stereocenters. The number of halogens is 2. The molecule has 0 N–H and O–H groups in total. The Kier molecular flexibility index (Phi) is 4.24. The van der Waals surface area contributed by atoms with Crippen molar-refractivity contribution in [3.63, 3.8) is 0 Å². The summed E-state index contributed by atoms with van der Waals surface area (Å²) in [4.78, 5) is 14.1. The van der Waals surface area contributed by atoms with Gasteiger partial charge in [-0.3, -0.25) is 4.79 Å². The quantitative estimate of drug-likeness (QED) is 0.605. The van der Waals surface area contributed by atoms with Crippen LogP contribution in [-0.4, -0.2) is 35.5 Å². The van der Waals surface area contributed by atoms with E-state index in [-0.39, 0.29) is 26.8 Å². The number of anilines is 1. The summed E-state index contributed by atoms with van der Waals surface area (Å²) < 4.78 is 41.8. The fourth-order valence-electron chi connectivity index (χ4n) is 4.25. The van der Waals surface area contributed by atoms with E-state index in [4.69, 9.17) is 11.6 Å². The third-order valence-corrected chi connectivity index (χ3v) is 7.89. The number of hydrogen-bond donors (Lipinski definition) is 0. The van der Waals surface area contributed by atoms with E-state index in [1.165, 1.54) is 12.1 Å². The molecule has 0 atom stereocenters. The molecule has 156 valence electrons. The van der Waals surface area contributed by atoms with E-state index in [2.05, 4.69) is 5.10 Å². The lowest BCUT2D eigenvalue weighted by atomic mass is 9.98. The van der Waals surface area contributed by atoms with Gasteiger partial charge in [-0.2, -0.15) is 12.5 Å². The second-order valence-electron chi connectivity index (χ2n) is 8.11. The molecular formula is C21H19ClFN3O3S. The van der Waals surface area contributed by atoms with Crippen LogP contribution in [0.5, 0.6) is 0 Å². The van der Waals surface area contributed by atoms with Crippen LogP contribution in [0.1, 0.15) is 31.2 Å². The van der Waals surface area contributed by atoms with Crippen molar-refractivity contribution in [1.82, 2.24) is 9.19 Å². The van der Waals surface area contributed by atoms with Crippen LogP contribution in [0.25, 0.3) is 10.9 Å². The van der Waals surface area contributed by atoms with E-state index in [0.717, 1.165) is 34.6 Å². The van der Waals surface area contributed by atoms with Crippen molar-refractivity contribution >= 4 is 44.1 Å². The van der Waals surface area contributed by atoms with Gasteiger partial charge in [0.05, 0.1) is 20.8 Å². The molecule has 1 aliphatic heterocycles. The number of aryl methyl sites for hydroxylation is 1. The van der Waals surface area contributed by atoms with Gasteiger partial charge in [0, 0.05) is 31.0 Å². The molecule has 1 aliphatic carbocycles. The number of aromatic nitrogens is 2. The van der Waals surface area contributed by atoms with Crippen LogP contribution in [0.4, 0.5) is 10.2 Å². The number of ketones is 1. The fourth-order valence-corrected chi connectivity index (χ4v) is 5.80. The summed E-state index contributed by atoms with van der Waals surface area (Å²) >= 11 is 6.38. The van der Waals surface area contributed by atoms with Crippen LogP contribution in [0.15, 0.2) is 41.3 Å². The lowest BCUT2D eigenvalue weighted by Crippen LogP contribution is -2.45. The summed E-state index contributed by atoms with van der Waals surface area (Å²) in [6, 6.07) is 8.69. The summed E-state index contributed by atoms with van der Waals surface area (Å²) in [6.45, 7) is 2.29. The number of Topliss-reactive ketones (excluding diaryl/α,β-unsaturated/α-hetero) is 1. The molecular weight excluding hydrogens is 429 g/mol. The SMILES string of the molecule is Cc1ccc(S(=O)(=O)n2nc(N3CCC(=O)CC34CC4)c3c(Cl)cc(F)cc32)cc1. The molecule has 2 aliphatic rings. The minimum absolute atomic E-state index is 0.0550. The highest BCUT2D eigenvalue weighted by atomic mass is 35.5. The van der Waals surface area contributed by atoms with Gasteiger partial charge < -0.3 is 4.90 Å². The Hall–Kier alpha value is -2.45. The summed E-state index contributed by atoms with van der Waals surface area (Å²) in [6.07, 6.45) is 2.43. The van der Waals surface area contributed by atoms with Gasteiger partial charge in [-0.1, -0.05) is 29.3 Å². The number of carbonyl (C=O) groups excluding carboxylic acids is 1. The predicted octanol–water partition coefficient (Wildman–Crippen LogP) is 4.08. The second kappa shape index (κ2) is 6.52. The lowest BCUT2D eigenvalue weighted by Gasteiger charge is -2.36. The Morgan fingerprint density at radius 1 is 1.17 bits per heavy atom. The molecule has 9 heteroatoms. The van der Waals surface area contributed by atoms with Crippen LogP contribution in [0.2, 0.25) is 5.02 Å². The van der Waals surface area contributed by atoms with Crippen molar-refractivity contribution in [3.8, 4) is 0 Å². The van der Waals surface area contributed by atoms with Crippen molar-refractivity contribution in [2.75, 3.05) is 11.4 Å². The van der Waals surface area contributed by atoms with Crippen LogP contribution >= 0.6 is 11.6 Å². The summed E-state index contributed by atoms with van der Waals surface area (Å²) in [5.74, 6) is -0.0677. The lowest BCUT2D eigenvalue weighted by molar-refractivity contribution is -0.120. The third-order valence-electron chi connectivity index (χ3n) is 5.99. The van der Waals surface area contributed by atoms with Crippen LogP contribution in [-0.2, 0) is 14.8 Å². The number of nitrogens with zero attached hydrogens (tertiary/aromatic N) is 3. The number of rotatable bonds is 3. The zero-order valence-electron chi connectivity index (χ0n) is 16.2. The number of hydrogen-bond acceptors (Lipinski definition) is 5. The standard InChI is InChI=1S/C21H19ClFN3O3S/c1-13-2-4-16(5-3-13)30(28,29)26-18-11-14(23)10-17(22)19(18)20(24-26)25-9-6-15(27)12-21(25)7-8-21/h2-5,10-11H,6-9,12H2,1H3. The first kappa shape index (κ1) is 19.5. The van der Waals surface area contributed by atoms with E-state index >= 15 is 0 Å². The number of piperidine rings is 1. The predicted molar refractivity (Wildman–Crippen MR) is 112 cm³/mol. The van der Waals surface area contributed by atoms with Gasteiger partial charge in [0.25, 0.3) is 10.0 Å². The maximum atomic E-state index is 14.2. The Morgan fingerprint density at radius 2 is 1.87 bits per heavy atom. The Balaban J connectivity index is 1.74. The third kappa shape index (κ3) is 2.93. The summed E-state index contributed by atoms with van der Waals surface area (Å²) in [7, 11) is -4.07. The number of benzene rings is 2. The molecule has 1 saturated carbocycles. The molecule has 0 radical (unpaired) electrons. The highest BCUT2D eigenvalue weighted by molar-refractivity contribution is 7.90. The number of carbonyl (C=O) groups is 1. The highest BCUT2D eigenvalue weighted by Crippen LogP contribution is 2.51. The van der Waals surface area contributed by atoms with E-state index in [1.54, 1.807) is 12.1 Å². The van der Waals surface area contributed by atoms with Crippen LogP contribution < -0.4 is 4.90 Å². The maximum Gasteiger partial charge on any atom is 0.283 e. The molecule has 30 heavy (non-hydrogen) atoms. The van der Waals surface area contributed by atoms with Crippen LogP contribution in [0.3, 0.4) is 0 Å². The monoisotopic (exact) mass is 447 g/mol. The molecule has 2 fully saturated rings. The largest absolute Gasteiger partial charge is 0.348 e. The van der Waals surface area contributed by atoms with E-state index < -0.39 is 15.8 Å². The van der Waals surface area contributed by atoms with Gasteiger partial charge in [0.15, 0.2) is 5.82 Å². The molecule has 6 nitrogen and oxygen atoms in total. The first-order valence-electron chi connectivity index (χ1n) is 9.71. The normalized spacial score (nSPS) is 18.4. The van der Waals surface area contributed by atoms with Gasteiger partial charge in [0.2, 0.25) is 0 Å². The van der Waals surface area contributed by atoms with Crippen molar-refractivity contribution in [1.29, 1.82) is 0 Å². The summed E-state index contributed by atoms with van der Waals surface area (Å²) in [5, 5.41) is 4.92. The van der Waals surface area contributed by atoms with E-state index in [0.29, 0.717) is 30.6 Å². The van der Waals surface area contributed by atoms with Gasteiger partial charge >= 0.3 is 0 Å². The minimum Gasteiger partial charge on any atom is -0.348 e. The molecule has 2 heterocycles. The Bertz CT molecular complexity index is 1300. The van der Waals surface area contributed by atoms with E-state index in [1.807, 2.05) is 11.8 Å². The zero-order chi connectivity index (χ0) is 21.3. The highest BCUT2D eigenvalue weighted by Gasteiger charge is 2.53. The van der Waals surface area contributed by atoms with Gasteiger partial charge in [-0.05, 0) is 38.0 Å². The van der Waals surface area contributed by atoms with E-state index in [9.17, 15) is 17.6 Å². The van der Waals surface area contributed by atoms with Crippen molar-refractivity contribution in [2.24, 2.45) is 0 Å². The molecule has 5 rings (SSSR count). The molecule has 1 aromatic heterocycles. The van der Waals surface area contributed by atoms with Crippen molar-refractivity contribution in [3.05, 3.63) is 52.8 Å². The number of fused-ring (bicyclic) bond motifs is 1. The first-order valence-corrected chi connectivity index (χ1v) is 11.5. The van der Waals surface area contributed by atoms with Crippen molar-refractivity contribution in [2.45, 2.75) is 43.0 Å². The molecule has 1 saturated heterocycles. The molecule has 2 aromatic carbocycles. The summed E-state index contributed by atoms with van der Waals surface area (Å²) in [5.41, 5.74) is 0.665. The van der Waals surface area contributed by atoms with Crippen molar-refractivity contribution < 1.29 is 17.6 Å². The first-order chi connectivity index (χ1) is 14.2. The second-order valence-corrected chi connectivity index (χ2v) is 10.3. The molecule has 3 aromatic rings. The topological polar surface area (TPSA) is 72.3 Å². The Morgan fingerprint density at radius 3 is 2.53 bits per heavy atom. The molecule has 0 amide bonds.